The molecule has 0 unspecified atom stereocenters. The van der Waals surface area contributed by atoms with Crippen LogP contribution >= 0.6 is 0 Å². The maximum absolute atomic E-state index is 14.8. The van der Waals surface area contributed by atoms with Crippen molar-refractivity contribution in [3.8, 4) is 11.1 Å². The Morgan fingerprint density at radius 2 is 1.74 bits per heavy atom. The number of rotatable bonds is 1. The third kappa shape index (κ3) is 2.64. The quantitative estimate of drug-likeness (QED) is 0.759. The maximum atomic E-state index is 14.8. The number of pyridine rings is 1. The highest BCUT2D eigenvalue weighted by Gasteiger charge is 2.63. The van der Waals surface area contributed by atoms with E-state index in [1.165, 1.54) is 18.3 Å². The molecular weight excluding hydrogens is 369 g/mol. The summed E-state index contributed by atoms with van der Waals surface area (Å²) in [5.41, 5.74) is 2.91. The SMILES string of the molecule is NC1=N[C@@]2(CCC(F)(F)c3ccc(-c4cncc(F)c4)cc32)C(F)(F)CO1. The maximum Gasteiger partial charge on any atom is 0.310 e. The Morgan fingerprint density at radius 3 is 2.48 bits per heavy atom. The highest BCUT2D eigenvalue weighted by Crippen LogP contribution is 2.56. The van der Waals surface area contributed by atoms with E-state index < -0.39 is 54.2 Å². The van der Waals surface area contributed by atoms with E-state index in [1.54, 1.807) is 0 Å². The smallest absolute Gasteiger partial charge is 0.310 e. The number of amidine groups is 1. The fraction of sp³-hybridized carbons (Fsp3) is 0.333. The number of nitrogens with two attached hydrogens (primary N) is 1. The topological polar surface area (TPSA) is 60.5 Å². The third-order valence-corrected chi connectivity index (χ3v) is 5.01. The van der Waals surface area contributed by atoms with Gasteiger partial charge < -0.3 is 10.5 Å². The van der Waals surface area contributed by atoms with E-state index in [0.29, 0.717) is 0 Å². The lowest BCUT2D eigenvalue weighted by atomic mass is 9.70. The van der Waals surface area contributed by atoms with Crippen molar-refractivity contribution < 1.29 is 26.7 Å². The van der Waals surface area contributed by atoms with Gasteiger partial charge in [-0.2, -0.15) is 8.78 Å². The van der Waals surface area contributed by atoms with Crippen LogP contribution in [0.1, 0.15) is 24.0 Å². The normalized spacial score (nSPS) is 25.4. The van der Waals surface area contributed by atoms with Crippen LogP contribution in [0.5, 0.6) is 0 Å². The first kappa shape index (κ1) is 17.7. The number of hydrogen-bond donors (Lipinski definition) is 1. The van der Waals surface area contributed by atoms with Gasteiger partial charge in [0.2, 0.25) is 0 Å². The van der Waals surface area contributed by atoms with E-state index >= 15 is 0 Å². The van der Waals surface area contributed by atoms with Gasteiger partial charge in [-0.1, -0.05) is 12.1 Å². The Kier molecular flexibility index (Phi) is 3.70. The van der Waals surface area contributed by atoms with Crippen LogP contribution in [0.4, 0.5) is 22.0 Å². The van der Waals surface area contributed by atoms with Crippen LogP contribution in [-0.2, 0) is 16.2 Å². The average molecular weight is 383 g/mol. The number of alkyl halides is 4. The average Bonchev–Trinajstić information content (AvgIpc) is 2.61. The Morgan fingerprint density at radius 1 is 0.963 bits per heavy atom. The molecule has 2 aromatic rings. The molecule has 0 bridgehead atoms. The molecule has 142 valence electrons. The minimum absolute atomic E-state index is 0.272. The van der Waals surface area contributed by atoms with Crippen LogP contribution < -0.4 is 5.73 Å². The fourth-order valence-electron chi connectivity index (χ4n) is 3.64. The van der Waals surface area contributed by atoms with Crippen molar-refractivity contribution in [1.29, 1.82) is 0 Å². The summed E-state index contributed by atoms with van der Waals surface area (Å²) in [5, 5.41) is 0. The van der Waals surface area contributed by atoms with Gasteiger partial charge in [0, 0.05) is 23.7 Å². The van der Waals surface area contributed by atoms with Crippen molar-refractivity contribution in [1.82, 2.24) is 4.98 Å². The molecule has 0 radical (unpaired) electrons. The molecule has 9 heteroatoms. The molecule has 2 aliphatic rings. The number of fused-ring (bicyclic) bond motifs is 2. The molecule has 1 aliphatic heterocycles. The number of nitrogens with zero attached hydrogens (tertiary/aromatic N) is 2. The van der Waals surface area contributed by atoms with Gasteiger partial charge in [-0.3, -0.25) is 4.98 Å². The van der Waals surface area contributed by atoms with Gasteiger partial charge in [0.25, 0.3) is 11.9 Å². The predicted octanol–water partition coefficient (Wildman–Crippen LogP) is 3.95. The second-order valence-electron chi connectivity index (χ2n) is 6.66. The monoisotopic (exact) mass is 383 g/mol. The zero-order chi connectivity index (χ0) is 19.4. The molecule has 27 heavy (non-hydrogen) atoms. The van der Waals surface area contributed by atoms with Gasteiger partial charge in [-0.15, -0.1) is 0 Å². The molecule has 1 aromatic heterocycles. The molecule has 2 N–H and O–H groups in total. The van der Waals surface area contributed by atoms with Crippen molar-refractivity contribution in [2.45, 2.75) is 30.2 Å². The highest BCUT2D eigenvalue weighted by atomic mass is 19.3. The lowest BCUT2D eigenvalue weighted by molar-refractivity contribution is -0.143. The number of benzene rings is 1. The van der Waals surface area contributed by atoms with Crippen molar-refractivity contribution >= 4 is 6.02 Å². The van der Waals surface area contributed by atoms with Crippen LogP contribution in [0.2, 0.25) is 0 Å². The van der Waals surface area contributed by atoms with Crippen molar-refractivity contribution in [2.24, 2.45) is 10.7 Å². The van der Waals surface area contributed by atoms with Crippen LogP contribution in [-0.4, -0.2) is 23.5 Å². The zero-order valence-corrected chi connectivity index (χ0v) is 13.9. The Labute approximate surface area is 150 Å². The van der Waals surface area contributed by atoms with Gasteiger partial charge in [-0.05, 0) is 29.7 Å². The van der Waals surface area contributed by atoms with Crippen molar-refractivity contribution in [3.63, 3.8) is 0 Å². The molecule has 0 amide bonds. The van der Waals surface area contributed by atoms with E-state index in [-0.39, 0.29) is 16.7 Å². The molecule has 0 fully saturated rings. The summed E-state index contributed by atoms with van der Waals surface area (Å²) in [7, 11) is 0. The predicted molar refractivity (Wildman–Crippen MR) is 87.0 cm³/mol. The summed E-state index contributed by atoms with van der Waals surface area (Å²) in [4.78, 5) is 7.49. The number of aliphatic imine (C=N–C) groups is 1. The molecule has 1 aromatic carbocycles. The Bertz CT molecular complexity index is 946. The van der Waals surface area contributed by atoms with Gasteiger partial charge in [-0.25, -0.2) is 18.2 Å². The standard InChI is InChI=1S/C18H14F5N3O/c19-12-5-11(7-25-8-12)10-1-2-13-14(6-10)16(3-4-17(13,20)21)18(22,23)9-27-15(24)26-16/h1-2,5-8H,3-4,9H2,(H2,24,26)/t16-/m1/s1. The zero-order valence-electron chi connectivity index (χ0n) is 13.9. The summed E-state index contributed by atoms with van der Waals surface area (Å²) in [5.74, 6) is -7.47. The van der Waals surface area contributed by atoms with E-state index in [2.05, 4.69) is 14.7 Å². The summed E-state index contributed by atoms with van der Waals surface area (Å²) < 4.78 is 76.7. The van der Waals surface area contributed by atoms with Gasteiger partial charge >= 0.3 is 5.92 Å². The molecule has 0 saturated carbocycles. The number of halogens is 5. The van der Waals surface area contributed by atoms with Crippen LogP contribution in [0.25, 0.3) is 11.1 Å². The van der Waals surface area contributed by atoms with E-state index in [9.17, 15) is 22.0 Å². The first-order valence-corrected chi connectivity index (χ1v) is 8.14. The number of hydrogen-bond acceptors (Lipinski definition) is 4. The molecule has 1 atom stereocenters. The molecule has 1 spiro atoms. The molecule has 4 nitrogen and oxygen atoms in total. The first-order valence-electron chi connectivity index (χ1n) is 8.14. The van der Waals surface area contributed by atoms with E-state index in [1.807, 2.05) is 0 Å². The Hall–Kier alpha value is -2.71. The number of ether oxygens (including phenoxy) is 1. The molecule has 4 rings (SSSR count). The van der Waals surface area contributed by atoms with Crippen molar-refractivity contribution in [3.05, 3.63) is 53.6 Å². The largest absolute Gasteiger partial charge is 0.459 e. The van der Waals surface area contributed by atoms with Gasteiger partial charge in [0.1, 0.15) is 5.82 Å². The fourth-order valence-corrected chi connectivity index (χ4v) is 3.64. The summed E-state index contributed by atoms with van der Waals surface area (Å²) in [6.45, 7) is -1.06. The van der Waals surface area contributed by atoms with Crippen LogP contribution in [0.15, 0.2) is 41.7 Å². The Balaban J connectivity index is 1.98. The van der Waals surface area contributed by atoms with Gasteiger partial charge in [0.05, 0.1) is 6.20 Å². The third-order valence-electron chi connectivity index (χ3n) is 5.01. The minimum atomic E-state index is -3.54. The summed E-state index contributed by atoms with van der Waals surface area (Å²) >= 11 is 0. The summed E-state index contributed by atoms with van der Waals surface area (Å²) in [6.07, 6.45) is 0.898. The molecule has 2 heterocycles. The lowest BCUT2D eigenvalue weighted by Crippen LogP contribution is -2.55. The van der Waals surface area contributed by atoms with E-state index in [4.69, 9.17) is 5.73 Å². The highest BCUT2D eigenvalue weighted by molar-refractivity contribution is 5.74. The molecule has 1 aliphatic carbocycles. The molecule has 0 saturated heterocycles. The van der Waals surface area contributed by atoms with E-state index in [0.717, 1.165) is 18.3 Å². The van der Waals surface area contributed by atoms with Gasteiger partial charge in [0.15, 0.2) is 12.1 Å². The molecular formula is C18H14F5N3O. The van der Waals surface area contributed by atoms with Crippen LogP contribution in [0, 0.1) is 5.82 Å². The minimum Gasteiger partial charge on any atom is -0.459 e. The number of aromatic nitrogens is 1. The second-order valence-corrected chi connectivity index (χ2v) is 6.66. The summed E-state index contributed by atoms with van der Waals surface area (Å²) in [6, 6.07) is 4.26. The lowest BCUT2D eigenvalue weighted by Gasteiger charge is -2.45. The second kappa shape index (κ2) is 5.64. The van der Waals surface area contributed by atoms with Crippen LogP contribution in [0.3, 0.4) is 0 Å². The first-order chi connectivity index (χ1) is 12.6. The van der Waals surface area contributed by atoms with Crippen molar-refractivity contribution in [2.75, 3.05) is 6.61 Å².